The minimum absolute atomic E-state index is 0.153. The second-order valence-electron chi connectivity index (χ2n) is 5.31. The molecule has 1 aliphatic carbocycles. The number of carbonyl (C=O) groups is 1. The predicted octanol–water partition coefficient (Wildman–Crippen LogP) is 4.79. The molecule has 106 valence electrons. The van der Waals surface area contributed by atoms with Gasteiger partial charge in [0.1, 0.15) is 4.83 Å². The van der Waals surface area contributed by atoms with E-state index in [0.717, 1.165) is 29.5 Å². The summed E-state index contributed by atoms with van der Waals surface area (Å²) in [6, 6.07) is 0. The third-order valence-electron chi connectivity index (χ3n) is 4.14. The average Bonchev–Trinajstić information content (AvgIpc) is 2.75. The van der Waals surface area contributed by atoms with Gasteiger partial charge in [0.25, 0.3) is 0 Å². The molecule has 2 aromatic rings. The predicted molar refractivity (Wildman–Crippen MR) is 82.3 cm³/mol. The maximum Gasteiger partial charge on any atom is 0.339 e. The van der Waals surface area contributed by atoms with Crippen LogP contribution in [-0.4, -0.2) is 16.1 Å². The van der Waals surface area contributed by atoms with E-state index in [1.807, 2.05) is 0 Å². The van der Waals surface area contributed by atoms with Crippen molar-refractivity contribution in [2.24, 2.45) is 0 Å². The molecule has 5 heteroatoms. The highest BCUT2D eigenvalue weighted by Crippen LogP contribution is 2.46. The van der Waals surface area contributed by atoms with Crippen LogP contribution in [0.2, 0.25) is 5.02 Å². The number of hydrogen-bond donors (Lipinski definition) is 1. The van der Waals surface area contributed by atoms with Crippen molar-refractivity contribution in [1.82, 2.24) is 4.98 Å². The highest BCUT2D eigenvalue weighted by molar-refractivity contribution is 7.19. The van der Waals surface area contributed by atoms with E-state index in [4.69, 9.17) is 11.6 Å². The molecule has 1 unspecified atom stereocenters. The topological polar surface area (TPSA) is 50.2 Å². The Morgan fingerprint density at radius 1 is 1.55 bits per heavy atom. The number of thiophene rings is 1. The molecule has 1 atom stereocenters. The molecule has 0 saturated carbocycles. The average molecular weight is 310 g/mol. The third-order valence-corrected chi connectivity index (χ3v) is 5.68. The molecule has 0 saturated heterocycles. The number of fused-ring (bicyclic) bond motifs is 3. The molecule has 2 aromatic heterocycles. The van der Waals surface area contributed by atoms with Gasteiger partial charge >= 0.3 is 5.97 Å². The minimum Gasteiger partial charge on any atom is -0.478 e. The van der Waals surface area contributed by atoms with E-state index in [2.05, 4.69) is 11.9 Å². The quantitative estimate of drug-likeness (QED) is 0.868. The zero-order chi connectivity index (χ0) is 14.4. The summed E-state index contributed by atoms with van der Waals surface area (Å²) in [7, 11) is 0. The van der Waals surface area contributed by atoms with Crippen molar-refractivity contribution in [2.45, 2.75) is 45.4 Å². The summed E-state index contributed by atoms with van der Waals surface area (Å²) in [4.78, 5) is 18.1. The maximum absolute atomic E-state index is 11.4. The van der Waals surface area contributed by atoms with E-state index in [-0.39, 0.29) is 5.56 Å². The van der Waals surface area contributed by atoms with Crippen LogP contribution >= 0.6 is 22.9 Å². The zero-order valence-electron chi connectivity index (χ0n) is 11.5. The lowest BCUT2D eigenvalue weighted by Gasteiger charge is -2.22. The Labute approximate surface area is 126 Å². The smallest absolute Gasteiger partial charge is 0.339 e. The maximum atomic E-state index is 11.4. The van der Waals surface area contributed by atoms with Crippen LogP contribution in [0.25, 0.3) is 10.2 Å². The Morgan fingerprint density at radius 2 is 2.30 bits per heavy atom. The van der Waals surface area contributed by atoms with E-state index in [9.17, 15) is 9.90 Å². The van der Waals surface area contributed by atoms with E-state index in [1.165, 1.54) is 16.9 Å². The first-order valence-corrected chi connectivity index (χ1v) is 8.08. The Hall–Kier alpha value is -1.13. The summed E-state index contributed by atoms with van der Waals surface area (Å²) in [5.74, 6) is -0.512. The number of aryl methyl sites for hydroxylation is 2. The number of aromatic carboxylic acids is 1. The third kappa shape index (κ3) is 1.93. The van der Waals surface area contributed by atoms with Gasteiger partial charge in [0.05, 0.1) is 16.3 Å². The van der Waals surface area contributed by atoms with Crippen LogP contribution in [0, 0.1) is 6.92 Å². The van der Waals surface area contributed by atoms with Crippen LogP contribution in [-0.2, 0) is 6.42 Å². The molecule has 0 spiro atoms. The lowest BCUT2D eigenvalue weighted by Crippen LogP contribution is -2.08. The van der Waals surface area contributed by atoms with Gasteiger partial charge in [-0.15, -0.1) is 11.3 Å². The lowest BCUT2D eigenvalue weighted by molar-refractivity contribution is 0.0696. The zero-order valence-corrected chi connectivity index (χ0v) is 13.1. The fourth-order valence-electron chi connectivity index (χ4n) is 3.19. The van der Waals surface area contributed by atoms with Crippen molar-refractivity contribution < 1.29 is 9.90 Å². The Morgan fingerprint density at radius 3 is 2.95 bits per heavy atom. The van der Waals surface area contributed by atoms with Crippen LogP contribution in [0.15, 0.2) is 0 Å². The molecule has 3 nitrogen and oxygen atoms in total. The van der Waals surface area contributed by atoms with Gasteiger partial charge in [-0.3, -0.25) is 0 Å². The van der Waals surface area contributed by atoms with Crippen molar-refractivity contribution >= 4 is 39.1 Å². The van der Waals surface area contributed by atoms with Crippen LogP contribution in [0.1, 0.15) is 58.6 Å². The molecule has 3 rings (SSSR count). The molecular formula is C15H16ClNO2S. The van der Waals surface area contributed by atoms with Crippen LogP contribution in [0.4, 0.5) is 0 Å². The van der Waals surface area contributed by atoms with Crippen LogP contribution < -0.4 is 0 Å². The number of rotatable bonds is 2. The van der Waals surface area contributed by atoms with E-state index in [1.54, 1.807) is 18.3 Å². The van der Waals surface area contributed by atoms with E-state index < -0.39 is 5.97 Å². The van der Waals surface area contributed by atoms with Gasteiger partial charge in [-0.1, -0.05) is 18.5 Å². The monoisotopic (exact) mass is 309 g/mol. The lowest BCUT2D eigenvalue weighted by atomic mass is 9.84. The molecule has 0 aromatic carbocycles. The second-order valence-corrected chi connectivity index (χ2v) is 6.77. The molecule has 0 fully saturated rings. The first-order valence-electron chi connectivity index (χ1n) is 6.89. The van der Waals surface area contributed by atoms with Crippen LogP contribution in [0.3, 0.4) is 0 Å². The van der Waals surface area contributed by atoms with Crippen molar-refractivity contribution in [2.75, 3.05) is 0 Å². The summed E-state index contributed by atoms with van der Waals surface area (Å²) < 4.78 is 0. The fourth-order valence-corrected chi connectivity index (χ4v) is 5.01. The SMILES string of the molecule is CCC1CCCc2sc3nc(C)c(C(=O)O)c(Cl)c3c21. The molecule has 0 bridgehead atoms. The second kappa shape index (κ2) is 5.01. The number of nitrogens with zero attached hydrogens (tertiary/aromatic N) is 1. The number of carboxylic acids is 1. The normalized spacial score (nSPS) is 18.2. The molecule has 20 heavy (non-hydrogen) atoms. The van der Waals surface area contributed by atoms with Gasteiger partial charge < -0.3 is 5.11 Å². The fraction of sp³-hybridized carbons (Fsp3) is 0.467. The van der Waals surface area contributed by atoms with Crippen molar-refractivity contribution in [3.8, 4) is 0 Å². The Balaban J connectivity index is 2.38. The van der Waals surface area contributed by atoms with Gasteiger partial charge in [0.2, 0.25) is 0 Å². The Kier molecular flexibility index (Phi) is 3.46. The van der Waals surface area contributed by atoms with Gasteiger partial charge in [-0.25, -0.2) is 9.78 Å². The molecule has 1 aliphatic rings. The molecule has 2 heterocycles. The van der Waals surface area contributed by atoms with Gasteiger partial charge in [0, 0.05) is 10.3 Å². The number of carboxylic acid groups (broad SMARTS) is 1. The molecule has 0 radical (unpaired) electrons. The van der Waals surface area contributed by atoms with Crippen LogP contribution in [0.5, 0.6) is 0 Å². The van der Waals surface area contributed by atoms with Gasteiger partial charge in [0.15, 0.2) is 0 Å². The molecule has 1 N–H and O–H groups in total. The number of aromatic nitrogens is 1. The number of hydrogen-bond acceptors (Lipinski definition) is 3. The first-order chi connectivity index (χ1) is 9.54. The van der Waals surface area contributed by atoms with E-state index >= 15 is 0 Å². The largest absolute Gasteiger partial charge is 0.478 e. The highest BCUT2D eigenvalue weighted by Gasteiger charge is 2.28. The first kappa shape index (κ1) is 13.8. The summed E-state index contributed by atoms with van der Waals surface area (Å²) in [5.41, 5.74) is 1.92. The van der Waals surface area contributed by atoms with Crippen molar-refractivity contribution in [1.29, 1.82) is 0 Å². The molecule has 0 amide bonds. The number of pyridine rings is 1. The van der Waals surface area contributed by atoms with Gasteiger partial charge in [-0.05, 0) is 44.1 Å². The van der Waals surface area contributed by atoms with Crippen molar-refractivity contribution in [3.05, 3.63) is 26.7 Å². The molecular weight excluding hydrogens is 294 g/mol. The highest BCUT2D eigenvalue weighted by atomic mass is 35.5. The summed E-state index contributed by atoms with van der Waals surface area (Å²) >= 11 is 8.11. The summed E-state index contributed by atoms with van der Waals surface area (Å²) in [6.45, 7) is 3.89. The van der Waals surface area contributed by atoms with E-state index in [0.29, 0.717) is 16.6 Å². The van der Waals surface area contributed by atoms with Gasteiger partial charge in [-0.2, -0.15) is 0 Å². The Bertz CT molecular complexity index is 708. The number of halogens is 1. The minimum atomic E-state index is -0.995. The summed E-state index contributed by atoms with van der Waals surface area (Å²) in [6.07, 6.45) is 4.47. The standard InChI is InChI=1S/C15H16ClNO2S/c1-3-8-5-4-6-9-11(8)12-13(16)10(15(18)19)7(2)17-14(12)20-9/h8H,3-6H2,1-2H3,(H,18,19). The summed E-state index contributed by atoms with van der Waals surface area (Å²) in [5, 5.41) is 10.6. The molecule has 0 aliphatic heterocycles. The van der Waals surface area contributed by atoms with Crippen molar-refractivity contribution in [3.63, 3.8) is 0 Å².